The number of benzene rings is 2. The van der Waals surface area contributed by atoms with Gasteiger partial charge < -0.3 is 15.4 Å². The van der Waals surface area contributed by atoms with Gasteiger partial charge in [-0.1, -0.05) is 36.4 Å². The van der Waals surface area contributed by atoms with Crippen LogP contribution in [0.25, 0.3) is 0 Å². The molecule has 2 aromatic carbocycles. The SMILES string of the molecule is COc1ccc(C)cc1NC(=O)CNCc1ccccc1. The number of hydrogen-bond donors (Lipinski definition) is 2. The van der Waals surface area contributed by atoms with E-state index in [1.54, 1.807) is 7.11 Å². The van der Waals surface area contributed by atoms with Crippen LogP contribution in [0.4, 0.5) is 5.69 Å². The highest BCUT2D eigenvalue weighted by atomic mass is 16.5. The number of rotatable bonds is 6. The lowest BCUT2D eigenvalue weighted by Gasteiger charge is -2.11. The quantitative estimate of drug-likeness (QED) is 0.857. The monoisotopic (exact) mass is 284 g/mol. The molecule has 0 radical (unpaired) electrons. The summed E-state index contributed by atoms with van der Waals surface area (Å²) < 4.78 is 5.24. The smallest absolute Gasteiger partial charge is 0.238 e. The highest BCUT2D eigenvalue weighted by Gasteiger charge is 2.07. The van der Waals surface area contributed by atoms with E-state index in [0.29, 0.717) is 18.0 Å². The molecule has 0 heterocycles. The molecule has 2 N–H and O–H groups in total. The first-order valence-corrected chi connectivity index (χ1v) is 6.88. The van der Waals surface area contributed by atoms with E-state index < -0.39 is 0 Å². The largest absolute Gasteiger partial charge is 0.495 e. The Morgan fingerprint density at radius 3 is 2.62 bits per heavy atom. The summed E-state index contributed by atoms with van der Waals surface area (Å²) in [6.45, 7) is 2.90. The fourth-order valence-electron chi connectivity index (χ4n) is 2.03. The number of carbonyl (C=O) groups excluding carboxylic acids is 1. The molecule has 0 bridgehead atoms. The van der Waals surface area contributed by atoms with E-state index in [4.69, 9.17) is 4.74 Å². The first-order valence-electron chi connectivity index (χ1n) is 6.88. The molecule has 2 aromatic rings. The van der Waals surface area contributed by atoms with Gasteiger partial charge in [0.15, 0.2) is 0 Å². The van der Waals surface area contributed by atoms with Crippen molar-refractivity contribution in [1.29, 1.82) is 0 Å². The van der Waals surface area contributed by atoms with Crippen LogP contribution in [-0.2, 0) is 11.3 Å². The molecule has 110 valence electrons. The molecule has 1 amide bonds. The second kappa shape index (κ2) is 7.45. The van der Waals surface area contributed by atoms with Crippen molar-refractivity contribution in [3.05, 3.63) is 59.7 Å². The Labute approximate surface area is 125 Å². The van der Waals surface area contributed by atoms with Crippen LogP contribution in [0.15, 0.2) is 48.5 Å². The summed E-state index contributed by atoms with van der Waals surface area (Å²) in [7, 11) is 1.59. The predicted octanol–water partition coefficient (Wildman–Crippen LogP) is 2.73. The lowest BCUT2D eigenvalue weighted by molar-refractivity contribution is -0.115. The van der Waals surface area contributed by atoms with Gasteiger partial charge >= 0.3 is 0 Å². The van der Waals surface area contributed by atoms with Gasteiger partial charge in [-0.15, -0.1) is 0 Å². The Bertz CT molecular complexity index is 597. The minimum atomic E-state index is -0.0881. The summed E-state index contributed by atoms with van der Waals surface area (Å²) in [6, 6.07) is 15.7. The third kappa shape index (κ3) is 4.61. The van der Waals surface area contributed by atoms with Crippen molar-refractivity contribution >= 4 is 11.6 Å². The molecule has 0 fully saturated rings. The van der Waals surface area contributed by atoms with Crippen molar-refractivity contribution < 1.29 is 9.53 Å². The van der Waals surface area contributed by atoms with Crippen LogP contribution in [0.1, 0.15) is 11.1 Å². The van der Waals surface area contributed by atoms with Crippen LogP contribution in [0.3, 0.4) is 0 Å². The molecule has 0 aliphatic carbocycles. The van der Waals surface area contributed by atoms with E-state index in [-0.39, 0.29) is 12.5 Å². The third-order valence-corrected chi connectivity index (χ3v) is 3.09. The summed E-state index contributed by atoms with van der Waals surface area (Å²) in [5.41, 5.74) is 2.92. The fraction of sp³-hybridized carbons (Fsp3) is 0.235. The number of aryl methyl sites for hydroxylation is 1. The fourth-order valence-corrected chi connectivity index (χ4v) is 2.03. The van der Waals surface area contributed by atoms with Crippen LogP contribution in [0, 0.1) is 6.92 Å². The number of carbonyl (C=O) groups is 1. The lowest BCUT2D eigenvalue weighted by atomic mass is 10.2. The first-order chi connectivity index (χ1) is 10.2. The number of nitrogens with one attached hydrogen (secondary N) is 2. The van der Waals surface area contributed by atoms with E-state index >= 15 is 0 Å². The molecular formula is C17H20N2O2. The van der Waals surface area contributed by atoms with E-state index in [0.717, 1.165) is 11.1 Å². The number of methoxy groups -OCH3 is 1. The summed E-state index contributed by atoms with van der Waals surface area (Å²) in [5, 5.41) is 5.98. The molecule has 0 saturated carbocycles. The normalized spacial score (nSPS) is 10.2. The molecular weight excluding hydrogens is 264 g/mol. The Morgan fingerprint density at radius 2 is 1.90 bits per heavy atom. The molecule has 0 saturated heterocycles. The molecule has 0 aliphatic heterocycles. The van der Waals surface area contributed by atoms with Crippen LogP contribution in [0.2, 0.25) is 0 Å². The summed E-state index contributed by atoms with van der Waals surface area (Å²) in [6.07, 6.45) is 0. The van der Waals surface area contributed by atoms with Crippen molar-refractivity contribution in [3.8, 4) is 5.75 Å². The molecule has 4 nitrogen and oxygen atoms in total. The molecule has 0 atom stereocenters. The Balaban J connectivity index is 1.86. The minimum absolute atomic E-state index is 0.0881. The summed E-state index contributed by atoms with van der Waals surface area (Å²) in [5.74, 6) is 0.576. The topological polar surface area (TPSA) is 50.4 Å². The lowest BCUT2D eigenvalue weighted by Crippen LogP contribution is -2.27. The van der Waals surface area contributed by atoms with Gasteiger partial charge in [-0.3, -0.25) is 4.79 Å². The average Bonchev–Trinajstić information content (AvgIpc) is 2.48. The highest BCUT2D eigenvalue weighted by Crippen LogP contribution is 2.24. The van der Waals surface area contributed by atoms with Gasteiger partial charge in [-0.05, 0) is 30.2 Å². The highest BCUT2D eigenvalue weighted by molar-refractivity contribution is 5.93. The van der Waals surface area contributed by atoms with Crippen molar-refractivity contribution in [2.24, 2.45) is 0 Å². The van der Waals surface area contributed by atoms with Gasteiger partial charge in [-0.25, -0.2) is 0 Å². The molecule has 0 unspecified atom stereocenters. The standard InChI is InChI=1S/C17H20N2O2/c1-13-8-9-16(21-2)15(10-13)19-17(20)12-18-11-14-6-4-3-5-7-14/h3-10,18H,11-12H2,1-2H3,(H,19,20). The van der Waals surface area contributed by atoms with Crippen LogP contribution in [-0.4, -0.2) is 19.6 Å². The molecule has 21 heavy (non-hydrogen) atoms. The Hall–Kier alpha value is -2.33. The van der Waals surface area contributed by atoms with Gasteiger partial charge in [0.1, 0.15) is 5.75 Å². The number of hydrogen-bond acceptors (Lipinski definition) is 3. The van der Waals surface area contributed by atoms with Crippen LogP contribution < -0.4 is 15.4 Å². The van der Waals surface area contributed by atoms with Gasteiger partial charge in [0.25, 0.3) is 0 Å². The molecule has 0 spiro atoms. The molecule has 2 rings (SSSR count). The average molecular weight is 284 g/mol. The Morgan fingerprint density at radius 1 is 1.14 bits per heavy atom. The zero-order chi connectivity index (χ0) is 15.1. The molecule has 0 aromatic heterocycles. The van der Waals surface area contributed by atoms with Gasteiger partial charge in [0.05, 0.1) is 19.3 Å². The van der Waals surface area contributed by atoms with E-state index in [1.165, 1.54) is 0 Å². The maximum atomic E-state index is 12.0. The predicted molar refractivity (Wildman–Crippen MR) is 84.5 cm³/mol. The first kappa shape index (κ1) is 15.1. The summed E-state index contributed by atoms with van der Waals surface area (Å²) >= 11 is 0. The zero-order valence-electron chi connectivity index (χ0n) is 12.3. The maximum Gasteiger partial charge on any atom is 0.238 e. The van der Waals surface area contributed by atoms with Gasteiger partial charge in [0.2, 0.25) is 5.91 Å². The third-order valence-electron chi connectivity index (χ3n) is 3.09. The summed E-state index contributed by atoms with van der Waals surface area (Å²) in [4.78, 5) is 12.0. The maximum absolute atomic E-state index is 12.0. The van der Waals surface area contributed by atoms with Crippen LogP contribution >= 0.6 is 0 Å². The van der Waals surface area contributed by atoms with E-state index in [1.807, 2.05) is 55.5 Å². The zero-order valence-corrected chi connectivity index (χ0v) is 12.3. The van der Waals surface area contributed by atoms with Crippen molar-refractivity contribution in [2.45, 2.75) is 13.5 Å². The van der Waals surface area contributed by atoms with Crippen molar-refractivity contribution in [1.82, 2.24) is 5.32 Å². The molecule has 0 aliphatic rings. The van der Waals surface area contributed by atoms with Crippen molar-refractivity contribution in [2.75, 3.05) is 19.0 Å². The number of amides is 1. The second-order valence-corrected chi connectivity index (χ2v) is 4.84. The second-order valence-electron chi connectivity index (χ2n) is 4.84. The van der Waals surface area contributed by atoms with E-state index in [9.17, 15) is 4.79 Å². The minimum Gasteiger partial charge on any atom is -0.495 e. The van der Waals surface area contributed by atoms with Crippen molar-refractivity contribution in [3.63, 3.8) is 0 Å². The van der Waals surface area contributed by atoms with E-state index in [2.05, 4.69) is 10.6 Å². The number of anilines is 1. The van der Waals surface area contributed by atoms with Gasteiger partial charge in [-0.2, -0.15) is 0 Å². The van der Waals surface area contributed by atoms with Crippen LogP contribution in [0.5, 0.6) is 5.75 Å². The van der Waals surface area contributed by atoms with Gasteiger partial charge in [0, 0.05) is 6.54 Å². The Kier molecular flexibility index (Phi) is 5.35. The molecule has 4 heteroatoms. The number of ether oxygens (including phenoxy) is 1.